The van der Waals surface area contributed by atoms with Crippen molar-refractivity contribution in [3.8, 4) is 0 Å². The summed E-state index contributed by atoms with van der Waals surface area (Å²) >= 11 is 2.60. The summed E-state index contributed by atoms with van der Waals surface area (Å²) in [5.74, 6) is 3.52. The van der Waals surface area contributed by atoms with Gasteiger partial charge >= 0.3 is 0 Å². The maximum Gasteiger partial charge on any atom is 0.136 e. The van der Waals surface area contributed by atoms with Crippen LogP contribution >= 0.6 is 22.6 Å². The van der Waals surface area contributed by atoms with Crippen LogP contribution in [0.2, 0.25) is 0 Å². The van der Waals surface area contributed by atoms with Crippen LogP contribution in [0, 0.1) is 34.5 Å². The first-order valence-corrected chi connectivity index (χ1v) is 10.4. The highest BCUT2D eigenvalue weighted by Crippen LogP contribution is 2.66. The van der Waals surface area contributed by atoms with E-state index >= 15 is 0 Å². The van der Waals surface area contributed by atoms with Crippen LogP contribution in [-0.4, -0.2) is 5.78 Å². The molecule has 0 aromatic carbocycles. The molecule has 0 radical (unpaired) electrons. The minimum atomic E-state index is 0.311. The summed E-state index contributed by atoms with van der Waals surface area (Å²) in [5, 5.41) is 0. The van der Waals surface area contributed by atoms with E-state index in [-0.39, 0.29) is 0 Å². The molecule has 3 saturated carbocycles. The van der Waals surface area contributed by atoms with Crippen molar-refractivity contribution in [2.75, 3.05) is 0 Å². The molecule has 0 heterocycles. The second-order valence-electron chi connectivity index (χ2n) is 8.93. The molecule has 4 aliphatic rings. The van der Waals surface area contributed by atoms with Gasteiger partial charge in [-0.3, -0.25) is 4.79 Å². The van der Waals surface area contributed by atoms with Crippen molar-refractivity contribution < 1.29 is 4.79 Å². The SMILES string of the molecule is C[C@]12CCCCC(=O)C1CC[C@@H]1C2CC[C@]2(C)C(I)=CCC12. The van der Waals surface area contributed by atoms with Gasteiger partial charge in [-0.05, 0) is 94.3 Å². The molecule has 0 aromatic rings. The Morgan fingerprint density at radius 3 is 2.73 bits per heavy atom. The Balaban J connectivity index is 1.67. The zero-order valence-corrected chi connectivity index (χ0v) is 16.2. The second-order valence-corrected chi connectivity index (χ2v) is 10.1. The number of hydrogen-bond donors (Lipinski definition) is 0. The van der Waals surface area contributed by atoms with Gasteiger partial charge in [0.15, 0.2) is 0 Å². The van der Waals surface area contributed by atoms with Crippen molar-refractivity contribution in [2.45, 2.75) is 71.6 Å². The number of carbonyl (C=O) groups excluding carboxylic acids is 1. The third-order valence-electron chi connectivity index (χ3n) is 8.13. The zero-order chi connectivity index (χ0) is 15.5. The number of carbonyl (C=O) groups is 1. The van der Waals surface area contributed by atoms with Crippen LogP contribution in [0.1, 0.15) is 71.6 Å². The first kappa shape index (κ1) is 15.7. The van der Waals surface area contributed by atoms with Gasteiger partial charge in [0.05, 0.1) is 0 Å². The normalized spacial score (nSPS) is 51.4. The third-order valence-corrected chi connectivity index (χ3v) is 9.80. The Morgan fingerprint density at radius 1 is 1.09 bits per heavy atom. The minimum absolute atomic E-state index is 0.311. The maximum atomic E-state index is 12.7. The van der Waals surface area contributed by atoms with Crippen molar-refractivity contribution in [3.63, 3.8) is 0 Å². The molecule has 0 bridgehead atoms. The second kappa shape index (κ2) is 5.32. The van der Waals surface area contributed by atoms with Crippen molar-refractivity contribution in [1.29, 1.82) is 0 Å². The van der Waals surface area contributed by atoms with Crippen LogP contribution in [0.5, 0.6) is 0 Å². The fourth-order valence-electron chi connectivity index (χ4n) is 6.84. The molecule has 4 rings (SSSR count). The van der Waals surface area contributed by atoms with Gasteiger partial charge in [0, 0.05) is 17.8 Å². The number of Topliss-reactive ketones (excluding diaryl/α,β-unsaturated/α-hetero) is 1. The van der Waals surface area contributed by atoms with Crippen LogP contribution in [0.15, 0.2) is 9.66 Å². The van der Waals surface area contributed by atoms with Crippen molar-refractivity contribution >= 4 is 28.4 Å². The van der Waals surface area contributed by atoms with E-state index in [2.05, 4.69) is 42.5 Å². The van der Waals surface area contributed by atoms with Gasteiger partial charge in [-0.25, -0.2) is 0 Å². The zero-order valence-electron chi connectivity index (χ0n) is 14.0. The van der Waals surface area contributed by atoms with E-state index < -0.39 is 0 Å². The van der Waals surface area contributed by atoms with Crippen molar-refractivity contribution in [2.24, 2.45) is 34.5 Å². The summed E-state index contributed by atoms with van der Waals surface area (Å²) in [6, 6.07) is 0. The number of fused-ring (bicyclic) bond motifs is 5. The molecule has 122 valence electrons. The predicted molar refractivity (Wildman–Crippen MR) is 98.8 cm³/mol. The Bertz CT molecular complexity index is 524. The Morgan fingerprint density at radius 2 is 1.91 bits per heavy atom. The highest BCUT2D eigenvalue weighted by Gasteiger charge is 2.58. The molecule has 6 atom stereocenters. The maximum absolute atomic E-state index is 12.7. The van der Waals surface area contributed by atoms with Crippen LogP contribution in [-0.2, 0) is 4.79 Å². The molecule has 0 spiro atoms. The van der Waals surface area contributed by atoms with Crippen molar-refractivity contribution in [1.82, 2.24) is 0 Å². The van der Waals surface area contributed by atoms with E-state index in [1.807, 2.05) is 0 Å². The quantitative estimate of drug-likeness (QED) is 0.452. The number of ketones is 1. The monoisotopic (exact) mass is 412 g/mol. The van der Waals surface area contributed by atoms with E-state index in [1.165, 1.54) is 44.9 Å². The molecule has 4 aliphatic carbocycles. The van der Waals surface area contributed by atoms with Gasteiger partial charge in [0.2, 0.25) is 0 Å². The first-order chi connectivity index (χ1) is 10.5. The molecule has 1 nitrogen and oxygen atoms in total. The van der Waals surface area contributed by atoms with Gasteiger partial charge in [0.25, 0.3) is 0 Å². The highest BCUT2D eigenvalue weighted by atomic mass is 127. The fraction of sp³-hybridized carbons (Fsp3) is 0.850. The molecule has 22 heavy (non-hydrogen) atoms. The van der Waals surface area contributed by atoms with E-state index in [0.717, 1.165) is 30.6 Å². The predicted octanol–water partition coefficient (Wildman–Crippen LogP) is 5.92. The van der Waals surface area contributed by atoms with Crippen LogP contribution in [0.25, 0.3) is 0 Å². The third kappa shape index (κ3) is 2.04. The Kier molecular flexibility index (Phi) is 3.79. The summed E-state index contributed by atoms with van der Waals surface area (Å²) in [5.41, 5.74) is 0.769. The van der Waals surface area contributed by atoms with Gasteiger partial charge in [-0.2, -0.15) is 0 Å². The standard InChI is InChI=1S/C20H29IO/c1-19-11-4-3-5-17(22)16(19)7-6-13-14-8-9-18(21)20(14,2)12-10-15(13)19/h9,13-16H,3-8,10-12H2,1-2H3/t13-,14?,15?,16?,19+,20-/m0/s1. The van der Waals surface area contributed by atoms with Gasteiger partial charge in [-0.1, -0.05) is 26.3 Å². The Hall–Kier alpha value is 0.140. The summed E-state index contributed by atoms with van der Waals surface area (Å²) in [6.45, 7) is 5.01. The number of halogens is 1. The molecular weight excluding hydrogens is 383 g/mol. The molecular formula is C20H29IO. The van der Waals surface area contributed by atoms with E-state index in [4.69, 9.17) is 0 Å². The lowest BCUT2D eigenvalue weighted by Gasteiger charge is -2.58. The van der Waals surface area contributed by atoms with Gasteiger partial charge < -0.3 is 0 Å². The average Bonchev–Trinajstić information content (AvgIpc) is 2.70. The van der Waals surface area contributed by atoms with Crippen LogP contribution in [0.3, 0.4) is 0 Å². The smallest absolute Gasteiger partial charge is 0.136 e. The summed E-state index contributed by atoms with van der Waals surface area (Å²) in [6.07, 6.45) is 13.6. The summed E-state index contributed by atoms with van der Waals surface area (Å²) < 4.78 is 1.62. The topological polar surface area (TPSA) is 17.1 Å². The fourth-order valence-corrected chi connectivity index (χ4v) is 7.76. The average molecular weight is 412 g/mol. The molecule has 0 saturated heterocycles. The van der Waals surface area contributed by atoms with E-state index in [1.54, 1.807) is 3.58 Å². The number of allylic oxidation sites excluding steroid dienone is 2. The van der Waals surface area contributed by atoms with E-state index in [9.17, 15) is 4.79 Å². The molecule has 2 heteroatoms. The summed E-state index contributed by atoms with van der Waals surface area (Å²) in [7, 11) is 0. The molecule has 3 unspecified atom stereocenters. The molecule has 3 fully saturated rings. The lowest BCUT2D eigenvalue weighted by Crippen LogP contribution is -2.52. The molecule has 0 aliphatic heterocycles. The largest absolute Gasteiger partial charge is 0.299 e. The molecule has 0 aromatic heterocycles. The first-order valence-electron chi connectivity index (χ1n) is 9.36. The van der Waals surface area contributed by atoms with Gasteiger partial charge in [-0.15, -0.1) is 0 Å². The number of rotatable bonds is 0. The lowest BCUT2D eigenvalue weighted by molar-refractivity contribution is -0.137. The van der Waals surface area contributed by atoms with Crippen molar-refractivity contribution in [3.05, 3.63) is 9.66 Å². The van der Waals surface area contributed by atoms with E-state index in [0.29, 0.717) is 22.5 Å². The van der Waals surface area contributed by atoms with Gasteiger partial charge in [0.1, 0.15) is 5.78 Å². The Labute approximate surface area is 148 Å². The summed E-state index contributed by atoms with van der Waals surface area (Å²) in [4.78, 5) is 12.7. The highest BCUT2D eigenvalue weighted by molar-refractivity contribution is 14.1. The van der Waals surface area contributed by atoms with Crippen LogP contribution in [0.4, 0.5) is 0 Å². The molecule has 0 N–H and O–H groups in total. The lowest BCUT2D eigenvalue weighted by atomic mass is 9.47. The number of hydrogen-bond acceptors (Lipinski definition) is 1. The van der Waals surface area contributed by atoms with Crippen LogP contribution < -0.4 is 0 Å². The minimum Gasteiger partial charge on any atom is -0.299 e. The molecule has 0 amide bonds.